The molecule has 5 aromatic rings. The molecule has 8 heteroatoms. The fourth-order valence-corrected chi connectivity index (χ4v) is 4.99. The Labute approximate surface area is 202 Å². The van der Waals surface area contributed by atoms with Crippen molar-refractivity contribution in [1.82, 2.24) is 14.5 Å². The minimum Gasteiger partial charge on any atom is -0.493 e. The predicted molar refractivity (Wildman–Crippen MR) is 136 cm³/mol. The molecule has 166 valence electrons. The lowest BCUT2D eigenvalue weighted by atomic mass is 10.2. The molecule has 2 aromatic heterocycles. The van der Waals surface area contributed by atoms with Gasteiger partial charge in [-0.3, -0.25) is 9.36 Å². The van der Waals surface area contributed by atoms with E-state index >= 15 is 0 Å². The third kappa shape index (κ3) is 4.00. The van der Waals surface area contributed by atoms with Crippen molar-refractivity contribution in [2.24, 2.45) is 0 Å². The van der Waals surface area contributed by atoms with Gasteiger partial charge in [-0.05, 0) is 35.9 Å². The number of halogens is 1. The molecular formula is C25H20BrN3O3S. The quantitative estimate of drug-likeness (QED) is 0.221. The zero-order chi connectivity index (χ0) is 22.9. The fourth-order valence-electron chi connectivity index (χ4n) is 3.76. The molecule has 0 aliphatic heterocycles. The summed E-state index contributed by atoms with van der Waals surface area (Å²) in [6.45, 7) is 0. The van der Waals surface area contributed by atoms with Gasteiger partial charge in [-0.1, -0.05) is 58.0 Å². The maximum atomic E-state index is 13.7. The average molecular weight is 522 g/mol. The van der Waals surface area contributed by atoms with Crippen LogP contribution in [0.3, 0.4) is 0 Å². The summed E-state index contributed by atoms with van der Waals surface area (Å²) in [4.78, 5) is 21.9. The normalized spacial score (nSPS) is 11.2. The molecule has 0 saturated heterocycles. The number of aromatic nitrogens is 3. The van der Waals surface area contributed by atoms with Crippen LogP contribution in [0.2, 0.25) is 0 Å². The van der Waals surface area contributed by atoms with Gasteiger partial charge in [0.05, 0.1) is 19.9 Å². The van der Waals surface area contributed by atoms with Crippen molar-refractivity contribution in [3.63, 3.8) is 0 Å². The minimum absolute atomic E-state index is 0.165. The molecule has 0 aliphatic rings. The first-order chi connectivity index (χ1) is 16.1. The van der Waals surface area contributed by atoms with Crippen LogP contribution < -0.4 is 15.0 Å². The highest BCUT2D eigenvalue weighted by Crippen LogP contribution is 2.32. The minimum atomic E-state index is -0.165. The Kier molecular flexibility index (Phi) is 5.86. The Balaban J connectivity index is 1.70. The number of para-hydroxylation sites is 1. The van der Waals surface area contributed by atoms with E-state index in [1.807, 2.05) is 42.5 Å². The van der Waals surface area contributed by atoms with Crippen LogP contribution >= 0.6 is 27.7 Å². The van der Waals surface area contributed by atoms with Gasteiger partial charge in [-0.15, -0.1) is 0 Å². The average Bonchev–Trinajstić information content (AvgIpc) is 3.22. The second-order valence-corrected chi connectivity index (χ2v) is 9.24. The summed E-state index contributed by atoms with van der Waals surface area (Å²) in [6, 6.07) is 21.4. The van der Waals surface area contributed by atoms with E-state index in [9.17, 15) is 4.79 Å². The number of benzene rings is 3. The van der Waals surface area contributed by atoms with Crippen LogP contribution in [-0.2, 0) is 5.75 Å². The number of hydrogen-bond donors (Lipinski definition) is 1. The molecule has 5 rings (SSSR count). The number of methoxy groups -OCH3 is 2. The number of aromatic amines is 1. The fraction of sp³-hybridized carbons (Fsp3) is 0.120. The third-order valence-corrected chi connectivity index (χ3v) is 6.94. The second-order valence-electron chi connectivity index (χ2n) is 7.38. The summed E-state index contributed by atoms with van der Waals surface area (Å²) in [7, 11) is 3.16. The first-order valence-electron chi connectivity index (χ1n) is 10.2. The summed E-state index contributed by atoms with van der Waals surface area (Å²) in [5.74, 6) is 1.81. The number of fused-ring (bicyclic) bond motifs is 3. The molecular weight excluding hydrogens is 502 g/mol. The Morgan fingerprint density at radius 3 is 2.52 bits per heavy atom. The lowest BCUT2D eigenvalue weighted by molar-refractivity contribution is 0.354. The molecule has 0 spiro atoms. The van der Waals surface area contributed by atoms with Gasteiger partial charge in [0.15, 0.2) is 16.7 Å². The van der Waals surface area contributed by atoms with Crippen molar-refractivity contribution in [1.29, 1.82) is 0 Å². The SMILES string of the molecule is COc1ccc(-n2c(SCc3ccc(Br)cc3)nc3c([nH]c4ccccc43)c2=O)cc1OC. The molecule has 6 nitrogen and oxygen atoms in total. The van der Waals surface area contributed by atoms with E-state index in [-0.39, 0.29) is 5.56 Å². The summed E-state index contributed by atoms with van der Waals surface area (Å²) >= 11 is 4.99. The predicted octanol–water partition coefficient (Wildman–Crippen LogP) is 5.94. The van der Waals surface area contributed by atoms with Gasteiger partial charge in [0, 0.05) is 27.2 Å². The van der Waals surface area contributed by atoms with Crippen LogP contribution in [0.4, 0.5) is 0 Å². The Hall–Kier alpha value is -3.23. The summed E-state index contributed by atoms with van der Waals surface area (Å²) < 4.78 is 13.5. The van der Waals surface area contributed by atoms with Gasteiger partial charge in [0.1, 0.15) is 11.0 Å². The van der Waals surface area contributed by atoms with Gasteiger partial charge in [0.25, 0.3) is 5.56 Å². The lowest BCUT2D eigenvalue weighted by Crippen LogP contribution is -2.22. The lowest BCUT2D eigenvalue weighted by Gasteiger charge is -2.14. The highest BCUT2D eigenvalue weighted by Gasteiger charge is 2.18. The van der Waals surface area contributed by atoms with Crippen molar-refractivity contribution in [3.8, 4) is 17.2 Å². The van der Waals surface area contributed by atoms with Crippen LogP contribution in [0.25, 0.3) is 27.6 Å². The number of hydrogen-bond acceptors (Lipinski definition) is 5. The summed E-state index contributed by atoms with van der Waals surface area (Å²) in [6.07, 6.45) is 0. The third-order valence-electron chi connectivity index (χ3n) is 5.40. The van der Waals surface area contributed by atoms with E-state index < -0.39 is 0 Å². The van der Waals surface area contributed by atoms with Gasteiger partial charge in [-0.2, -0.15) is 0 Å². The molecule has 33 heavy (non-hydrogen) atoms. The van der Waals surface area contributed by atoms with Gasteiger partial charge in [0.2, 0.25) is 0 Å². The van der Waals surface area contributed by atoms with Crippen LogP contribution in [-0.4, -0.2) is 28.8 Å². The molecule has 0 unspecified atom stereocenters. The number of nitrogens with one attached hydrogen (secondary N) is 1. The van der Waals surface area contributed by atoms with Gasteiger partial charge >= 0.3 is 0 Å². The van der Waals surface area contributed by atoms with E-state index in [1.165, 1.54) is 11.8 Å². The Morgan fingerprint density at radius 1 is 1.00 bits per heavy atom. The monoisotopic (exact) mass is 521 g/mol. The standard InChI is InChI=1S/C25H20BrN3O3S/c1-31-20-12-11-17(13-21(20)32-2)29-24(30)23-22(18-5-3-4-6-19(18)27-23)28-25(29)33-14-15-7-9-16(26)10-8-15/h3-13,27H,14H2,1-2H3. The molecule has 3 aromatic carbocycles. The van der Waals surface area contributed by atoms with Crippen molar-refractivity contribution in [2.45, 2.75) is 10.9 Å². The smallest absolute Gasteiger partial charge is 0.283 e. The number of rotatable bonds is 6. The Morgan fingerprint density at radius 2 is 1.76 bits per heavy atom. The van der Waals surface area contributed by atoms with Crippen LogP contribution in [0, 0.1) is 0 Å². The maximum Gasteiger partial charge on any atom is 0.283 e. The summed E-state index contributed by atoms with van der Waals surface area (Å²) in [5.41, 5.74) is 3.65. The van der Waals surface area contributed by atoms with E-state index in [1.54, 1.807) is 30.9 Å². The van der Waals surface area contributed by atoms with Crippen LogP contribution in [0.15, 0.2) is 81.2 Å². The molecule has 0 atom stereocenters. The number of thioether (sulfide) groups is 1. The zero-order valence-electron chi connectivity index (χ0n) is 18.0. The van der Waals surface area contributed by atoms with Crippen molar-refractivity contribution >= 4 is 49.6 Å². The topological polar surface area (TPSA) is 69.1 Å². The van der Waals surface area contributed by atoms with Crippen molar-refractivity contribution in [2.75, 3.05) is 14.2 Å². The molecule has 0 saturated carbocycles. The second kappa shape index (κ2) is 8.96. The highest BCUT2D eigenvalue weighted by molar-refractivity contribution is 9.10. The Bertz CT molecular complexity index is 1530. The van der Waals surface area contributed by atoms with E-state index in [4.69, 9.17) is 14.5 Å². The van der Waals surface area contributed by atoms with E-state index in [0.717, 1.165) is 20.9 Å². The first kappa shape index (κ1) is 21.6. The molecule has 0 fully saturated rings. The molecule has 0 amide bonds. The van der Waals surface area contributed by atoms with Crippen molar-refractivity contribution < 1.29 is 9.47 Å². The molecule has 2 heterocycles. The first-order valence-corrected chi connectivity index (χ1v) is 12.0. The molecule has 1 N–H and O–H groups in total. The number of H-pyrrole nitrogens is 1. The van der Waals surface area contributed by atoms with Crippen molar-refractivity contribution in [3.05, 3.63) is 87.1 Å². The highest BCUT2D eigenvalue weighted by atomic mass is 79.9. The van der Waals surface area contributed by atoms with E-state index in [2.05, 4.69) is 33.0 Å². The van der Waals surface area contributed by atoms with E-state index in [0.29, 0.717) is 39.1 Å². The largest absolute Gasteiger partial charge is 0.493 e. The summed E-state index contributed by atoms with van der Waals surface area (Å²) in [5, 5.41) is 1.53. The van der Waals surface area contributed by atoms with Crippen LogP contribution in [0.5, 0.6) is 11.5 Å². The number of nitrogens with zero attached hydrogens (tertiary/aromatic N) is 2. The van der Waals surface area contributed by atoms with Crippen LogP contribution in [0.1, 0.15) is 5.56 Å². The van der Waals surface area contributed by atoms with Gasteiger partial charge < -0.3 is 14.5 Å². The van der Waals surface area contributed by atoms with Gasteiger partial charge in [-0.25, -0.2) is 4.98 Å². The molecule has 0 aliphatic carbocycles. The zero-order valence-corrected chi connectivity index (χ0v) is 20.4. The number of ether oxygens (including phenoxy) is 2. The molecule has 0 radical (unpaired) electrons. The maximum absolute atomic E-state index is 13.7. The molecule has 0 bridgehead atoms.